The number of hydrogen-bond acceptors (Lipinski definition) is 3. The molecule has 1 aliphatic heterocycles. The second kappa shape index (κ2) is 4.60. The minimum Gasteiger partial charge on any atom is -0.486 e. The summed E-state index contributed by atoms with van der Waals surface area (Å²) in [6.07, 6.45) is 0. The molecule has 0 bridgehead atoms. The molecule has 1 aromatic heterocycles. The summed E-state index contributed by atoms with van der Waals surface area (Å²) in [7, 11) is 0. The van der Waals surface area contributed by atoms with E-state index in [1.54, 1.807) is 10.6 Å². The van der Waals surface area contributed by atoms with Crippen LogP contribution in [0.1, 0.15) is 0 Å². The van der Waals surface area contributed by atoms with Gasteiger partial charge in [-0.3, -0.25) is 4.57 Å². The summed E-state index contributed by atoms with van der Waals surface area (Å²) in [5.74, 6) is 1.06. The Hall–Kier alpha value is -2.34. The molecule has 3 aromatic rings. The van der Waals surface area contributed by atoms with Gasteiger partial charge in [-0.05, 0) is 36.5 Å². The smallest absolute Gasteiger partial charge is 0.182 e. The molecule has 0 saturated carbocycles. The molecule has 21 heavy (non-hydrogen) atoms. The number of halogens is 1. The Balaban J connectivity index is 1.96. The van der Waals surface area contributed by atoms with Crippen LogP contribution in [0.2, 0.25) is 0 Å². The highest BCUT2D eigenvalue weighted by Gasteiger charge is 2.15. The molecular formula is C15H11FN2O2S. The van der Waals surface area contributed by atoms with E-state index in [0.29, 0.717) is 40.5 Å². The fraction of sp³-hybridized carbons (Fsp3) is 0.133. The minimum atomic E-state index is -0.324. The molecule has 0 aliphatic carbocycles. The molecule has 0 fully saturated rings. The Morgan fingerprint density at radius 1 is 1.10 bits per heavy atom. The molecule has 2 heterocycles. The van der Waals surface area contributed by atoms with Crippen LogP contribution in [0.25, 0.3) is 16.7 Å². The van der Waals surface area contributed by atoms with Crippen LogP contribution in [0.4, 0.5) is 4.39 Å². The molecule has 0 amide bonds. The summed E-state index contributed by atoms with van der Waals surface area (Å²) >= 11 is 5.32. The Labute approximate surface area is 124 Å². The number of fused-ring (bicyclic) bond motifs is 2. The maximum absolute atomic E-state index is 13.8. The average Bonchev–Trinajstić information content (AvgIpc) is 2.84. The Morgan fingerprint density at radius 2 is 1.90 bits per heavy atom. The number of imidazole rings is 1. The van der Waals surface area contributed by atoms with Crippen molar-refractivity contribution in [2.45, 2.75) is 0 Å². The van der Waals surface area contributed by atoms with E-state index in [4.69, 9.17) is 21.7 Å². The highest BCUT2D eigenvalue weighted by molar-refractivity contribution is 7.71. The van der Waals surface area contributed by atoms with Crippen molar-refractivity contribution < 1.29 is 13.9 Å². The number of aromatic nitrogens is 2. The van der Waals surface area contributed by atoms with Crippen molar-refractivity contribution in [3.05, 3.63) is 47.0 Å². The predicted molar refractivity (Wildman–Crippen MR) is 79.4 cm³/mol. The fourth-order valence-corrected chi connectivity index (χ4v) is 2.83. The predicted octanol–water partition coefficient (Wildman–Crippen LogP) is 3.60. The number of nitrogens with zero attached hydrogens (tertiary/aromatic N) is 1. The van der Waals surface area contributed by atoms with Gasteiger partial charge >= 0.3 is 0 Å². The average molecular weight is 302 g/mol. The van der Waals surface area contributed by atoms with Gasteiger partial charge in [0.05, 0.1) is 11.2 Å². The third-order valence-corrected chi connectivity index (χ3v) is 3.74. The number of hydrogen-bond donors (Lipinski definition) is 1. The molecule has 0 unspecified atom stereocenters. The molecular weight excluding hydrogens is 291 g/mol. The molecule has 1 N–H and O–H groups in total. The number of para-hydroxylation sites is 1. The molecule has 1 aliphatic rings. The van der Waals surface area contributed by atoms with E-state index in [9.17, 15) is 4.39 Å². The van der Waals surface area contributed by atoms with E-state index in [2.05, 4.69) is 4.98 Å². The van der Waals surface area contributed by atoms with Crippen molar-refractivity contribution in [1.82, 2.24) is 9.55 Å². The summed E-state index contributed by atoms with van der Waals surface area (Å²) in [4.78, 5) is 2.90. The maximum Gasteiger partial charge on any atom is 0.182 e. The summed E-state index contributed by atoms with van der Waals surface area (Å²) < 4.78 is 27.1. The van der Waals surface area contributed by atoms with Gasteiger partial charge in [-0.1, -0.05) is 6.07 Å². The van der Waals surface area contributed by atoms with Gasteiger partial charge < -0.3 is 14.5 Å². The molecule has 4 rings (SSSR count). The van der Waals surface area contributed by atoms with Crippen molar-refractivity contribution in [1.29, 1.82) is 0 Å². The number of benzene rings is 2. The second-order valence-corrected chi connectivity index (χ2v) is 5.11. The largest absolute Gasteiger partial charge is 0.486 e. The van der Waals surface area contributed by atoms with Crippen LogP contribution in [0.3, 0.4) is 0 Å². The van der Waals surface area contributed by atoms with Crippen LogP contribution < -0.4 is 9.47 Å². The lowest BCUT2D eigenvalue weighted by molar-refractivity contribution is 0.171. The first-order valence-electron chi connectivity index (χ1n) is 6.53. The molecule has 0 radical (unpaired) electrons. The molecule has 0 saturated heterocycles. The highest BCUT2D eigenvalue weighted by atomic mass is 32.1. The van der Waals surface area contributed by atoms with Crippen molar-refractivity contribution in [3.63, 3.8) is 0 Å². The normalized spacial score (nSPS) is 13.6. The monoisotopic (exact) mass is 302 g/mol. The van der Waals surface area contributed by atoms with Crippen LogP contribution in [0.5, 0.6) is 11.5 Å². The molecule has 2 aromatic carbocycles. The van der Waals surface area contributed by atoms with Gasteiger partial charge in [0.25, 0.3) is 0 Å². The molecule has 6 heteroatoms. The first kappa shape index (κ1) is 12.4. The van der Waals surface area contributed by atoms with Gasteiger partial charge in [0.1, 0.15) is 24.5 Å². The lowest BCUT2D eigenvalue weighted by atomic mass is 10.2. The second-order valence-electron chi connectivity index (χ2n) is 4.73. The van der Waals surface area contributed by atoms with Crippen LogP contribution >= 0.6 is 12.2 Å². The zero-order valence-corrected chi connectivity index (χ0v) is 11.7. The topological polar surface area (TPSA) is 39.2 Å². The van der Waals surface area contributed by atoms with Crippen molar-refractivity contribution in [2.75, 3.05) is 13.2 Å². The van der Waals surface area contributed by atoms with Crippen LogP contribution in [0.15, 0.2) is 36.4 Å². The van der Waals surface area contributed by atoms with Gasteiger partial charge in [-0.15, -0.1) is 0 Å². The van der Waals surface area contributed by atoms with Gasteiger partial charge in [0.2, 0.25) is 0 Å². The summed E-state index contributed by atoms with van der Waals surface area (Å²) in [6, 6.07) is 10.5. The summed E-state index contributed by atoms with van der Waals surface area (Å²) in [6.45, 7) is 1.06. The van der Waals surface area contributed by atoms with E-state index in [-0.39, 0.29) is 5.82 Å². The van der Waals surface area contributed by atoms with E-state index in [1.165, 1.54) is 6.07 Å². The Bertz CT molecular complexity index is 900. The number of rotatable bonds is 1. The summed E-state index contributed by atoms with van der Waals surface area (Å²) in [5, 5.41) is 0. The lowest BCUT2D eigenvalue weighted by Gasteiger charge is -2.19. The molecule has 0 atom stereocenters. The quantitative estimate of drug-likeness (QED) is 0.698. The van der Waals surface area contributed by atoms with E-state index in [1.807, 2.05) is 24.3 Å². The van der Waals surface area contributed by atoms with Gasteiger partial charge in [-0.2, -0.15) is 0 Å². The maximum atomic E-state index is 13.8. The Kier molecular flexibility index (Phi) is 2.71. The van der Waals surface area contributed by atoms with Crippen molar-refractivity contribution in [2.24, 2.45) is 0 Å². The van der Waals surface area contributed by atoms with Crippen LogP contribution in [-0.4, -0.2) is 22.8 Å². The first-order valence-corrected chi connectivity index (χ1v) is 6.94. The third-order valence-electron chi connectivity index (χ3n) is 3.45. The zero-order chi connectivity index (χ0) is 14.4. The van der Waals surface area contributed by atoms with Crippen molar-refractivity contribution in [3.8, 4) is 17.2 Å². The Morgan fingerprint density at radius 3 is 2.76 bits per heavy atom. The molecule has 106 valence electrons. The third kappa shape index (κ3) is 1.91. The minimum absolute atomic E-state index is 0.324. The fourth-order valence-electron chi connectivity index (χ4n) is 2.52. The number of nitrogens with one attached hydrogen (secondary N) is 1. The number of H-pyrrole nitrogens is 1. The van der Waals surface area contributed by atoms with E-state index in [0.717, 1.165) is 5.69 Å². The number of aromatic amines is 1. The van der Waals surface area contributed by atoms with E-state index < -0.39 is 0 Å². The van der Waals surface area contributed by atoms with Crippen LogP contribution in [-0.2, 0) is 0 Å². The van der Waals surface area contributed by atoms with E-state index >= 15 is 0 Å². The standard InChI is InChI=1S/C15H11FN2O2S/c16-10-2-1-3-11-14(10)17-15(21)18(11)9-4-5-12-13(8-9)20-7-6-19-12/h1-5,8H,6-7H2,(H,17,21). The zero-order valence-electron chi connectivity index (χ0n) is 10.9. The van der Waals surface area contributed by atoms with Gasteiger partial charge in [0, 0.05) is 6.07 Å². The molecule has 4 nitrogen and oxygen atoms in total. The lowest BCUT2D eigenvalue weighted by Crippen LogP contribution is -2.15. The summed E-state index contributed by atoms with van der Waals surface area (Å²) in [5.41, 5.74) is 1.90. The van der Waals surface area contributed by atoms with Crippen molar-refractivity contribution >= 4 is 23.3 Å². The van der Waals surface area contributed by atoms with Crippen LogP contribution in [0, 0.1) is 10.6 Å². The molecule has 0 spiro atoms. The SMILES string of the molecule is Fc1cccc2c1[nH]c(=S)n2-c1ccc2c(c1)OCCO2. The highest BCUT2D eigenvalue weighted by Crippen LogP contribution is 2.33. The number of ether oxygens (including phenoxy) is 2. The first-order chi connectivity index (χ1) is 10.2. The van der Waals surface area contributed by atoms with Gasteiger partial charge in [-0.25, -0.2) is 4.39 Å². The van der Waals surface area contributed by atoms with Gasteiger partial charge in [0.15, 0.2) is 16.3 Å².